The molecule has 1 saturated heterocycles. The summed E-state index contributed by atoms with van der Waals surface area (Å²) >= 11 is 0. The van der Waals surface area contributed by atoms with Crippen LogP contribution in [0.1, 0.15) is 58.3 Å². The topological polar surface area (TPSA) is 32.3 Å². The van der Waals surface area contributed by atoms with Crippen LogP contribution in [0.2, 0.25) is 0 Å². The average molecular weight is 238 g/mol. The Morgan fingerprint density at radius 3 is 2.53 bits per heavy atom. The number of nitrogens with zero attached hydrogens (tertiary/aromatic N) is 1. The second-order valence-corrected chi connectivity index (χ2v) is 5.72. The maximum Gasteiger partial charge on any atom is 0.234 e. The third-order valence-electron chi connectivity index (χ3n) is 4.26. The van der Waals surface area contributed by atoms with E-state index in [1.807, 2.05) is 0 Å². The van der Waals surface area contributed by atoms with E-state index >= 15 is 0 Å². The standard InChI is InChI=1S/C14H26N2O/c1-12-7-5-6-10-16(12)11-14(17)15-13-8-3-2-4-9-13/h12-13H,2-11H2,1H3,(H,15,17). The maximum atomic E-state index is 12.0. The van der Waals surface area contributed by atoms with Gasteiger partial charge in [0.1, 0.15) is 0 Å². The van der Waals surface area contributed by atoms with Crippen molar-refractivity contribution >= 4 is 5.91 Å². The van der Waals surface area contributed by atoms with E-state index in [2.05, 4.69) is 17.1 Å². The number of amides is 1. The van der Waals surface area contributed by atoms with Crippen LogP contribution >= 0.6 is 0 Å². The molecular formula is C14H26N2O. The van der Waals surface area contributed by atoms with Gasteiger partial charge in [0.25, 0.3) is 0 Å². The van der Waals surface area contributed by atoms with Crippen molar-refractivity contribution in [2.45, 2.75) is 70.4 Å². The molecule has 0 aromatic heterocycles. The van der Waals surface area contributed by atoms with Gasteiger partial charge in [-0.1, -0.05) is 25.7 Å². The summed E-state index contributed by atoms with van der Waals surface area (Å²) < 4.78 is 0. The SMILES string of the molecule is CC1CCCCN1CC(=O)NC1CCCCC1. The smallest absolute Gasteiger partial charge is 0.234 e. The summed E-state index contributed by atoms with van der Waals surface area (Å²) in [5.74, 6) is 0.241. The number of rotatable bonds is 3. The second-order valence-electron chi connectivity index (χ2n) is 5.72. The molecule has 0 bridgehead atoms. The van der Waals surface area contributed by atoms with Gasteiger partial charge in [0.2, 0.25) is 5.91 Å². The highest BCUT2D eigenvalue weighted by Crippen LogP contribution is 2.18. The minimum Gasteiger partial charge on any atom is -0.352 e. The quantitative estimate of drug-likeness (QED) is 0.818. The Bertz CT molecular complexity index is 249. The van der Waals surface area contributed by atoms with E-state index in [9.17, 15) is 4.79 Å². The Balaban J connectivity index is 1.72. The molecule has 0 radical (unpaired) electrons. The molecule has 2 rings (SSSR count). The molecule has 1 amide bonds. The van der Waals surface area contributed by atoms with Crippen LogP contribution in [0.15, 0.2) is 0 Å². The van der Waals surface area contributed by atoms with Gasteiger partial charge in [0.15, 0.2) is 0 Å². The van der Waals surface area contributed by atoms with Crippen molar-refractivity contribution in [3.63, 3.8) is 0 Å². The number of piperidine rings is 1. The first-order valence-corrected chi connectivity index (χ1v) is 7.29. The molecule has 0 spiro atoms. The Labute approximate surface area is 105 Å². The molecule has 1 atom stereocenters. The number of hydrogen-bond acceptors (Lipinski definition) is 2. The lowest BCUT2D eigenvalue weighted by Crippen LogP contribution is -2.47. The number of carbonyl (C=O) groups excluding carboxylic acids is 1. The van der Waals surface area contributed by atoms with Crippen molar-refractivity contribution in [2.75, 3.05) is 13.1 Å². The summed E-state index contributed by atoms with van der Waals surface area (Å²) in [6.45, 7) is 3.95. The molecule has 1 aliphatic carbocycles. The van der Waals surface area contributed by atoms with E-state index in [1.54, 1.807) is 0 Å². The van der Waals surface area contributed by atoms with E-state index in [0.29, 0.717) is 18.6 Å². The van der Waals surface area contributed by atoms with Gasteiger partial charge in [-0.15, -0.1) is 0 Å². The summed E-state index contributed by atoms with van der Waals surface area (Å²) in [5.41, 5.74) is 0. The lowest BCUT2D eigenvalue weighted by molar-refractivity contribution is -0.124. The molecular weight excluding hydrogens is 212 g/mol. The highest BCUT2D eigenvalue weighted by molar-refractivity contribution is 5.78. The van der Waals surface area contributed by atoms with Crippen LogP contribution in [0.25, 0.3) is 0 Å². The van der Waals surface area contributed by atoms with Gasteiger partial charge in [-0.25, -0.2) is 0 Å². The zero-order valence-corrected chi connectivity index (χ0v) is 11.1. The van der Waals surface area contributed by atoms with Crippen LogP contribution in [-0.2, 0) is 4.79 Å². The van der Waals surface area contributed by atoms with Gasteiger partial charge in [-0.2, -0.15) is 0 Å². The summed E-state index contributed by atoms with van der Waals surface area (Å²) in [7, 11) is 0. The molecule has 0 aromatic rings. The molecule has 17 heavy (non-hydrogen) atoms. The zero-order chi connectivity index (χ0) is 12.1. The Morgan fingerprint density at radius 1 is 1.12 bits per heavy atom. The predicted molar refractivity (Wildman–Crippen MR) is 69.9 cm³/mol. The van der Waals surface area contributed by atoms with Gasteiger partial charge in [0.05, 0.1) is 6.54 Å². The van der Waals surface area contributed by atoms with Gasteiger partial charge < -0.3 is 5.32 Å². The van der Waals surface area contributed by atoms with Gasteiger partial charge in [0, 0.05) is 12.1 Å². The van der Waals surface area contributed by atoms with Crippen molar-refractivity contribution in [1.29, 1.82) is 0 Å². The Hall–Kier alpha value is -0.570. The molecule has 3 heteroatoms. The van der Waals surface area contributed by atoms with Crippen molar-refractivity contribution in [3.05, 3.63) is 0 Å². The number of nitrogens with one attached hydrogen (secondary N) is 1. The fraction of sp³-hybridized carbons (Fsp3) is 0.929. The highest BCUT2D eigenvalue weighted by atomic mass is 16.2. The second kappa shape index (κ2) is 6.39. The average Bonchev–Trinajstić information content (AvgIpc) is 2.33. The van der Waals surface area contributed by atoms with Crippen LogP contribution in [0.5, 0.6) is 0 Å². The third kappa shape index (κ3) is 3.98. The van der Waals surface area contributed by atoms with Crippen LogP contribution in [0.4, 0.5) is 0 Å². The normalized spacial score (nSPS) is 27.9. The number of hydrogen-bond donors (Lipinski definition) is 1. The molecule has 2 fully saturated rings. The molecule has 2 aliphatic rings. The lowest BCUT2D eigenvalue weighted by atomic mass is 9.95. The van der Waals surface area contributed by atoms with E-state index in [-0.39, 0.29) is 5.91 Å². The largest absolute Gasteiger partial charge is 0.352 e. The molecule has 1 saturated carbocycles. The van der Waals surface area contributed by atoms with Crippen molar-refractivity contribution in [2.24, 2.45) is 0 Å². The molecule has 98 valence electrons. The molecule has 1 N–H and O–H groups in total. The first-order valence-electron chi connectivity index (χ1n) is 7.29. The van der Waals surface area contributed by atoms with Crippen molar-refractivity contribution in [1.82, 2.24) is 10.2 Å². The van der Waals surface area contributed by atoms with Gasteiger partial charge in [-0.3, -0.25) is 9.69 Å². The minimum atomic E-state index is 0.241. The molecule has 3 nitrogen and oxygen atoms in total. The lowest BCUT2D eigenvalue weighted by Gasteiger charge is -2.33. The third-order valence-corrected chi connectivity index (χ3v) is 4.26. The minimum absolute atomic E-state index is 0.241. The molecule has 0 aromatic carbocycles. The molecule has 1 heterocycles. The monoisotopic (exact) mass is 238 g/mol. The van der Waals surface area contributed by atoms with Crippen LogP contribution in [-0.4, -0.2) is 36.0 Å². The van der Waals surface area contributed by atoms with E-state index in [4.69, 9.17) is 0 Å². The zero-order valence-electron chi connectivity index (χ0n) is 11.1. The summed E-state index contributed by atoms with van der Waals surface area (Å²) in [6.07, 6.45) is 10.1. The summed E-state index contributed by atoms with van der Waals surface area (Å²) in [5, 5.41) is 3.21. The fourth-order valence-electron chi connectivity index (χ4n) is 3.10. The van der Waals surface area contributed by atoms with E-state index in [0.717, 1.165) is 6.54 Å². The van der Waals surface area contributed by atoms with Crippen LogP contribution in [0, 0.1) is 0 Å². The number of likely N-dealkylation sites (tertiary alicyclic amines) is 1. The summed E-state index contributed by atoms with van der Waals surface area (Å²) in [4.78, 5) is 14.3. The fourth-order valence-corrected chi connectivity index (χ4v) is 3.10. The Morgan fingerprint density at radius 2 is 1.82 bits per heavy atom. The molecule has 1 unspecified atom stereocenters. The van der Waals surface area contributed by atoms with Crippen LogP contribution < -0.4 is 5.32 Å². The first kappa shape index (κ1) is 12.9. The number of carbonyl (C=O) groups is 1. The van der Waals surface area contributed by atoms with Gasteiger partial charge >= 0.3 is 0 Å². The van der Waals surface area contributed by atoms with Crippen molar-refractivity contribution < 1.29 is 4.79 Å². The van der Waals surface area contributed by atoms with Crippen molar-refractivity contribution in [3.8, 4) is 0 Å². The maximum absolute atomic E-state index is 12.0. The van der Waals surface area contributed by atoms with E-state index in [1.165, 1.54) is 51.4 Å². The van der Waals surface area contributed by atoms with Gasteiger partial charge in [-0.05, 0) is 39.2 Å². The molecule has 1 aliphatic heterocycles. The Kier molecular flexibility index (Phi) is 4.84. The summed E-state index contributed by atoms with van der Waals surface area (Å²) in [6, 6.07) is 1.04. The first-order chi connectivity index (χ1) is 8.25. The van der Waals surface area contributed by atoms with E-state index < -0.39 is 0 Å². The predicted octanol–water partition coefficient (Wildman–Crippen LogP) is 2.31. The highest BCUT2D eigenvalue weighted by Gasteiger charge is 2.22. The van der Waals surface area contributed by atoms with Crippen LogP contribution in [0.3, 0.4) is 0 Å².